The van der Waals surface area contributed by atoms with E-state index in [1.54, 1.807) is 0 Å². The molecule has 0 bridgehead atoms. The summed E-state index contributed by atoms with van der Waals surface area (Å²) >= 11 is 0. The molecule has 0 aliphatic carbocycles. The van der Waals surface area contributed by atoms with Crippen LogP contribution in [0.3, 0.4) is 0 Å². The van der Waals surface area contributed by atoms with Crippen LogP contribution >= 0.6 is 0 Å². The molecular formula is C38H50O4. The van der Waals surface area contributed by atoms with Crippen molar-refractivity contribution in [3.05, 3.63) is 94.0 Å². The summed E-state index contributed by atoms with van der Waals surface area (Å²) in [6.07, 6.45) is 2.79. The second-order valence-corrected chi connectivity index (χ2v) is 13.5. The average molecular weight is 571 g/mol. The molecule has 5 rings (SSSR count). The smallest absolute Gasteiger partial charge is 0.122 e. The maximum atomic E-state index is 6.20. The Kier molecular flexibility index (Phi) is 9.06. The molecule has 2 saturated heterocycles. The van der Waals surface area contributed by atoms with Gasteiger partial charge in [0.15, 0.2) is 0 Å². The molecule has 0 saturated carbocycles. The number of benzene rings is 3. The lowest BCUT2D eigenvalue weighted by Crippen LogP contribution is -2.42. The highest BCUT2D eigenvalue weighted by molar-refractivity contribution is 5.48. The normalized spacial score (nSPS) is 22.3. The Labute approximate surface area is 253 Å². The van der Waals surface area contributed by atoms with Crippen molar-refractivity contribution < 1.29 is 18.9 Å². The summed E-state index contributed by atoms with van der Waals surface area (Å²) in [4.78, 5) is 0. The summed E-state index contributed by atoms with van der Waals surface area (Å²) in [5, 5.41) is 0. The minimum atomic E-state index is -0.126. The molecule has 226 valence electrons. The van der Waals surface area contributed by atoms with Crippen LogP contribution in [0.2, 0.25) is 0 Å². The lowest BCUT2D eigenvalue weighted by atomic mass is 9.74. The Morgan fingerprint density at radius 1 is 0.595 bits per heavy atom. The summed E-state index contributed by atoms with van der Waals surface area (Å²) in [7, 11) is 0. The van der Waals surface area contributed by atoms with Crippen LogP contribution in [0.5, 0.6) is 11.5 Å². The molecule has 2 aliphatic rings. The maximum absolute atomic E-state index is 6.20. The van der Waals surface area contributed by atoms with Crippen molar-refractivity contribution in [1.29, 1.82) is 0 Å². The van der Waals surface area contributed by atoms with Gasteiger partial charge in [0, 0.05) is 22.7 Å². The van der Waals surface area contributed by atoms with Crippen molar-refractivity contribution in [1.82, 2.24) is 0 Å². The zero-order chi connectivity index (χ0) is 30.1. The molecule has 4 atom stereocenters. The molecule has 2 aliphatic heterocycles. The third-order valence-electron chi connectivity index (χ3n) is 9.93. The molecule has 4 heteroatoms. The van der Waals surface area contributed by atoms with Crippen LogP contribution in [-0.2, 0) is 20.3 Å². The van der Waals surface area contributed by atoms with E-state index in [4.69, 9.17) is 18.9 Å². The van der Waals surface area contributed by atoms with Gasteiger partial charge in [-0.1, -0.05) is 90.1 Å². The Balaban J connectivity index is 1.25. The van der Waals surface area contributed by atoms with Crippen LogP contribution < -0.4 is 9.47 Å². The topological polar surface area (TPSA) is 36.9 Å². The highest BCUT2D eigenvalue weighted by atomic mass is 16.5. The van der Waals surface area contributed by atoms with Crippen LogP contribution in [-0.4, -0.2) is 38.6 Å². The van der Waals surface area contributed by atoms with E-state index >= 15 is 0 Å². The van der Waals surface area contributed by atoms with Crippen LogP contribution in [0, 0.1) is 25.7 Å². The first-order valence-corrected chi connectivity index (χ1v) is 15.9. The molecule has 42 heavy (non-hydrogen) atoms. The van der Waals surface area contributed by atoms with Crippen LogP contribution in [0.1, 0.15) is 87.8 Å². The second kappa shape index (κ2) is 12.4. The molecule has 4 nitrogen and oxygen atoms in total. The molecule has 2 heterocycles. The molecule has 0 spiro atoms. The van der Waals surface area contributed by atoms with E-state index in [2.05, 4.69) is 116 Å². The molecular weight excluding hydrogens is 520 g/mol. The minimum Gasteiger partial charge on any atom is -0.493 e. The van der Waals surface area contributed by atoms with Gasteiger partial charge in [0.2, 0.25) is 0 Å². The number of aryl methyl sites for hydroxylation is 2. The molecule has 0 amide bonds. The maximum Gasteiger partial charge on any atom is 0.122 e. The van der Waals surface area contributed by atoms with Gasteiger partial charge in [-0.05, 0) is 72.2 Å². The monoisotopic (exact) mass is 570 g/mol. The molecule has 3 aromatic carbocycles. The van der Waals surface area contributed by atoms with E-state index < -0.39 is 0 Å². The van der Waals surface area contributed by atoms with Crippen molar-refractivity contribution in [2.75, 3.05) is 26.4 Å². The molecule has 0 aromatic heterocycles. The van der Waals surface area contributed by atoms with Gasteiger partial charge in [-0.3, -0.25) is 0 Å². The zero-order valence-electron chi connectivity index (χ0n) is 27.0. The standard InChI is InChI=1S/C38H50O4/c1-9-33-27(21-39-33)23-41-35-17-15-31(19-25(35)3)37(5,6)29-11-13-30(14-12-29)38(7,8)32-16-18-36(26(4)20-32)42-24-28-22-40-34(28)10-2/h11-20,27-28,33-34H,9-10,21-24H2,1-8H3. The van der Waals surface area contributed by atoms with Crippen molar-refractivity contribution in [2.24, 2.45) is 11.8 Å². The van der Waals surface area contributed by atoms with Gasteiger partial charge in [0.25, 0.3) is 0 Å². The van der Waals surface area contributed by atoms with Crippen molar-refractivity contribution in [3.8, 4) is 11.5 Å². The molecule has 0 N–H and O–H groups in total. The fraction of sp³-hybridized carbons (Fsp3) is 0.526. The van der Waals surface area contributed by atoms with Crippen LogP contribution in [0.4, 0.5) is 0 Å². The van der Waals surface area contributed by atoms with E-state index in [-0.39, 0.29) is 10.8 Å². The van der Waals surface area contributed by atoms with Crippen LogP contribution in [0.25, 0.3) is 0 Å². The van der Waals surface area contributed by atoms with Gasteiger partial charge in [0.05, 0.1) is 38.6 Å². The number of hydrogen-bond donors (Lipinski definition) is 0. The van der Waals surface area contributed by atoms with Gasteiger partial charge in [-0.25, -0.2) is 0 Å². The first-order valence-electron chi connectivity index (χ1n) is 15.9. The van der Waals surface area contributed by atoms with Crippen LogP contribution in [0.15, 0.2) is 60.7 Å². The van der Waals surface area contributed by atoms with E-state index in [0.29, 0.717) is 24.0 Å². The highest BCUT2D eigenvalue weighted by Gasteiger charge is 2.32. The first-order chi connectivity index (χ1) is 20.0. The van der Waals surface area contributed by atoms with Gasteiger partial charge in [-0.2, -0.15) is 0 Å². The summed E-state index contributed by atoms with van der Waals surface area (Å²) in [5.74, 6) is 2.96. The van der Waals surface area contributed by atoms with Crippen molar-refractivity contribution in [2.45, 2.75) is 91.3 Å². The lowest BCUT2D eigenvalue weighted by Gasteiger charge is -2.36. The Bertz CT molecular complexity index is 1250. The average Bonchev–Trinajstić information content (AvgIpc) is 2.94. The van der Waals surface area contributed by atoms with E-state index in [9.17, 15) is 0 Å². The third kappa shape index (κ3) is 6.12. The fourth-order valence-corrected chi connectivity index (χ4v) is 6.38. The zero-order valence-corrected chi connectivity index (χ0v) is 27.0. The molecule has 3 aromatic rings. The molecule has 2 fully saturated rings. The SMILES string of the molecule is CCC1OCC1COc1ccc(C(C)(C)c2ccc(C(C)(C)c3ccc(OCC4COC4CC)c(C)c3)cc2)cc1C. The van der Waals surface area contributed by atoms with E-state index in [1.807, 2.05) is 0 Å². The van der Waals surface area contributed by atoms with Gasteiger partial charge in [0.1, 0.15) is 11.5 Å². The summed E-state index contributed by atoms with van der Waals surface area (Å²) in [5.41, 5.74) is 7.31. The minimum absolute atomic E-state index is 0.126. The Morgan fingerprint density at radius 2 is 0.952 bits per heavy atom. The summed E-state index contributed by atoms with van der Waals surface area (Å²) in [6, 6.07) is 22.5. The fourth-order valence-electron chi connectivity index (χ4n) is 6.38. The van der Waals surface area contributed by atoms with E-state index in [1.165, 1.54) is 33.4 Å². The number of hydrogen-bond acceptors (Lipinski definition) is 4. The summed E-state index contributed by atoms with van der Waals surface area (Å²) < 4.78 is 23.7. The Hall–Kier alpha value is -2.82. The first kappa shape index (κ1) is 30.6. The highest BCUT2D eigenvalue weighted by Crippen LogP contribution is 2.38. The third-order valence-corrected chi connectivity index (χ3v) is 9.93. The Morgan fingerprint density at radius 3 is 1.24 bits per heavy atom. The summed E-state index contributed by atoms with van der Waals surface area (Å²) in [6.45, 7) is 20.9. The lowest BCUT2D eigenvalue weighted by molar-refractivity contribution is -0.128. The van der Waals surface area contributed by atoms with Gasteiger partial charge in [-0.15, -0.1) is 0 Å². The van der Waals surface area contributed by atoms with Crippen molar-refractivity contribution >= 4 is 0 Å². The molecule has 4 unspecified atom stereocenters. The largest absolute Gasteiger partial charge is 0.493 e. The quantitative estimate of drug-likeness (QED) is 0.219. The predicted molar refractivity (Wildman–Crippen MR) is 171 cm³/mol. The van der Waals surface area contributed by atoms with Gasteiger partial charge >= 0.3 is 0 Å². The molecule has 0 radical (unpaired) electrons. The number of ether oxygens (including phenoxy) is 4. The second-order valence-electron chi connectivity index (χ2n) is 13.5. The predicted octanol–water partition coefficient (Wildman–Crippen LogP) is 8.56. The van der Waals surface area contributed by atoms with E-state index in [0.717, 1.165) is 50.8 Å². The number of rotatable bonds is 12. The van der Waals surface area contributed by atoms with Crippen molar-refractivity contribution in [3.63, 3.8) is 0 Å². The van der Waals surface area contributed by atoms with Gasteiger partial charge < -0.3 is 18.9 Å².